The number of thiophene rings is 1. The second kappa shape index (κ2) is 6.25. The third kappa shape index (κ3) is 3.38. The predicted octanol–water partition coefficient (Wildman–Crippen LogP) is 5.61. The van der Waals surface area contributed by atoms with Gasteiger partial charge in [-0.2, -0.15) is 0 Å². The molecule has 0 aliphatic heterocycles. The van der Waals surface area contributed by atoms with Crippen molar-refractivity contribution in [3.8, 4) is 0 Å². The SMILES string of the molecule is CC(C)c1cccc(C(C)C)c1NCc1cccs1. The molecule has 19 heavy (non-hydrogen) atoms. The van der Waals surface area contributed by atoms with E-state index in [1.54, 1.807) is 0 Å². The lowest BCUT2D eigenvalue weighted by atomic mass is 9.92. The Morgan fingerprint density at radius 1 is 0.947 bits per heavy atom. The first-order valence-corrected chi connectivity index (χ1v) is 7.86. The zero-order chi connectivity index (χ0) is 13.8. The van der Waals surface area contributed by atoms with Gasteiger partial charge in [-0.3, -0.25) is 0 Å². The summed E-state index contributed by atoms with van der Waals surface area (Å²) in [7, 11) is 0. The predicted molar refractivity (Wildman–Crippen MR) is 86.3 cm³/mol. The highest BCUT2D eigenvalue weighted by molar-refractivity contribution is 7.09. The van der Waals surface area contributed by atoms with Crippen molar-refractivity contribution in [3.05, 3.63) is 51.7 Å². The standard InChI is InChI=1S/C17H23NS/c1-12(2)15-8-5-9-16(13(3)4)17(15)18-11-14-7-6-10-19-14/h5-10,12-13,18H,11H2,1-4H3. The van der Waals surface area contributed by atoms with Gasteiger partial charge in [0.2, 0.25) is 0 Å². The maximum atomic E-state index is 3.66. The fraction of sp³-hybridized carbons (Fsp3) is 0.412. The van der Waals surface area contributed by atoms with Gasteiger partial charge in [0.1, 0.15) is 0 Å². The van der Waals surface area contributed by atoms with Crippen LogP contribution in [-0.2, 0) is 6.54 Å². The largest absolute Gasteiger partial charge is 0.380 e. The van der Waals surface area contributed by atoms with Crippen molar-refractivity contribution in [2.75, 3.05) is 5.32 Å². The molecule has 0 spiro atoms. The molecular formula is C17H23NS. The van der Waals surface area contributed by atoms with Gasteiger partial charge < -0.3 is 5.32 Å². The molecule has 2 heteroatoms. The van der Waals surface area contributed by atoms with E-state index in [2.05, 4.69) is 68.7 Å². The summed E-state index contributed by atoms with van der Waals surface area (Å²) < 4.78 is 0. The van der Waals surface area contributed by atoms with Crippen LogP contribution in [0.2, 0.25) is 0 Å². The van der Waals surface area contributed by atoms with Crippen molar-refractivity contribution >= 4 is 17.0 Å². The molecule has 2 aromatic rings. The monoisotopic (exact) mass is 273 g/mol. The van der Waals surface area contributed by atoms with Crippen LogP contribution in [0.25, 0.3) is 0 Å². The Bertz CT molecular complexity index is 486. The van der Waals surface area contributed by atoms with E-state index in [4.69, 9.17) is 0 Å². The van der Waals surface area contributed by atoms with E-state index in [-0.39, 0.29) is 0 Å². The minimum Gasteiger partial charge on any atom is -0.380 e. The van der Waals surface area contributed by atoms with Crippen LogP contribution in [0.15, 0.2) is 35.7 Å². The average molecular weight is 273 g/mol. The third-order valence-electron chi connectivity index (χ3n) is 3.39. The van der Waals surface area contributed by atoms with E-state index >= 15 is 0 Å². The fourth-order valence-electron chi connectivity index (χ4n) is 2.34. The van der Waals surface area contributed by atoms with Crippen LogP contribution in [0, 0.1) is 0 Å². The molecule has 0 amide bonds. The molecule has 0 radical (unpaired) electrons. The smallest absolute Gasteiger partial charge is 0.0494 e. The molecule has 0 bridgehead atoms. The van der Waals surface area contributed by atoms with Crippen molar-refractivity contribution in [2.24, 2.45) is 0 Å². The molecule has 102 valence electrons. The molecule has 1 nitrogen and oxygen atoms in total. The first-order chi connectivity index (χ1) is 9.09. The Balaban J connectivity index is 2.29. The number of hydrogen-bond acceptors (Lipinski definition) is 2. The minimum absolute atomic E-state index is 0.546. The summed E-state index contributed by atoms with van der Waals surface area (Å²) in [6, 6.07) is 11.0. The first-order valence-electron chi connectivity index (χ1n) is 6.98. The number of nitrogens with one attached hydrogen (secondary N) is 1. The van der Waals surface area contributed by atoms with Crippen molar-refractivity contribution in [1.82, 2.24) is 0 Å². The number of para-hydroxylation sites is 1. The fourth-order valence-corrected chi connectivity index (χ4v) is 2.99. The van der Waals surface area contributed by atoms with E-state index in [0.29, 0.717) is 11.8 Å². The molecule has 1 aromatic heterocycles. The van der Waals surface area contributed by atoms with Crippen LogP contribution < -0.4 is 5.32 Å². The van der Waals surface area contributed by atoms with Gasteiger partial charge in [0, 0.05) is 17.1 Å². The maximum absolute atomic E-state index is 3.66. The average Bonchev–Trinajstić information content (AvgIpc) is 2.88. The molecular weight excluding hydrogens is 250 g/mol. The molecule has 0 saturated heterocycles. The van der Waals surface area contributed by atoms with Crippen LogP contribution in [-0.4, -0.2) is 0 Å². The molecule has 1 aromatic carbocycles. The lowest BCUT2D eigenvalue weighted by Crippen LogP contribution is -2.06. The van der Waals surface area contributed by atoms with Gasteiger partial charge in [0.15, 0.2) is 0 Å². The van der Waals surface area contributed by atoms with Gasteiger partial charge in [-0.25, -0.2) is 0 Å². The van der Waals surface area contributed by atoms with Crippen LogP contribution in [0.3, 0.4) is 0 Å². The summed E-state index contributed by atoms with van der Waals surface area (Å²) in [6.07, 6.45) is 0. The lowest BCUT2D eigenvalue weighted by Gasteiger charge is -2.20. The minimum atomic E-state index is 0.546. The van der Waals surface area contributed by atoms with Crippen LogP contribution in [0.1, 0.15) is 55.5 Å². The van der Waals surface area contributed by atoms with Gasteiger partial charge >= 0.3 is 0 Å². The third-order valence-corrected chi connectivity index (χ3v) is 4.27. The highest BCUT2D eigenvalue weighted by atomic mass is 32.1. The zero-order valence-electron chi connectivity index (χ0n) is 12.2. The van der Waals surface area contributed by atoms with E-state index in [9.17, 15) is 0 Å². The van der Waals surface area contributed by atoms with E-state index < -0.39 is 0 Å². The Hall–Kier alpha value is -1.28. The van der Waals surface area contributed by atoms with Crippen LogP contribution >= 0.6 is 11.3 Å². The van der Waals surface area contributed by atoms with Gasteiger partial charge in [-0.05, 0) is 34.4 Å². The molecule has 0 aliphatic rings. The summed E-state index contributed by atoms with van der Waals surface area (Å²) >= 11 is 1.81. The second-order valence-electron chi connectivity index (χ2n) is 5.55. The second-order valence-corrected chi connectivity index (χ2v) is 6.59. The van der Waals surface area contributed by atoms with E-state index in [0.717, 1.165) is 6.54 Å². The molecule has 0 unspecified atom stereocenters. The molecule has 0 aliphatic carbocycles. The number of benzene rings is 1. The Labute approximate surface area is 120 Å². The maximum Gasteiger partial charge on any atom is 0.0494 e. The number of rotatable bonds is 5. The molecule has 0 saturated carbocycles. The lowest BCUT2D eigenvalue weighted by molar-refractivity contribution is 0.833. The molecule has 1 heterocycles. The zero-order valence-corrected chi connectivity index (χ0v) is 13.1. The molecule has 0 atom stereocenters. The van der Waals surface area contributed by atoms with Crippen molar-refractivity contribution in [1.29, 1.82) is 0 Å². The van der Waals surface area contributed by atoms with Gasteiger partial charge in [-0.15, -0.1) is 11.3 Å². The number of hydrogen-bond donors (Lipinski definition) is 1. The van der Waals surface area contributed by atoms with Gasteiger partial charge in [0.05, 0.1) is 0 Å². The van der Waals surface area contributed by atoms with Crippen molar-refractivity contribution < 1.29 is 0 Å². The quantitative estimate of drug-likeness (QED) is 0.747. The summed E-state index contributed by atoms with van der Waals surface area (Å²) in [5, 5.41) is 5.79. The van der Waals surface area contributed by atoms with E-state index in [1.165, 1.54) is 21.7 Å². The van der Waals surface area contributed by atoms with Crippen LogP contribution in [0.5, 0.6) is 0 Å². The Kier molecular flexibility index (Phi) is 4.65. The highest BCUT2D eigenvalue weighted by Gasteiger charge is 2.13. The van der Waals surface area contributed by atoms with Crippen LogP contribution in [0.4, 0.5) is 5.69 Å². The van der Waals surface area contributed by atoms with Crippen molar-refractivity contribution in [3.63, 3.8) is 0 Å². The molecule has 2 rings (SSSR count). The normalized spacial score (nSPS) is 11.3. The number of anilines is 1. The summed E-state index contributed by atoms with van der Waals surface area (Å²) in [6.45, 7) is 9.96. The molecule has 0 fully saturated rings. The Morgan fingerprint density at radius 2 is 1.58 bits per heavy atom. The summed E-state index contributed by atoms with van der Waals surface area (Å²) in [5.74, 6) is 1.09. The first kappa shape index (κ1) is 14.1. The summed E-state index contributed by atoms with van der Waals surface area (Å²) in [5.41, 5.74) is 4.17. The molecule has 1 N–H and O–H groups in total. The topological polar surface area (TPSA) is 12.0 Å². The van der Waals surface area contributed by atoms with Gasteiger partial charge in [-0.1, -0.05) is 52.0 Å². The van der Waals surface area contributed by atoms with E-state index in [1.807, 2.05) is 11.3 Å². The summed E-state index contributed by atoms with van der Waals surface area (Å²) in [4.78, 5) is 1.38. The van der Waals surface area contributed by atoms with Crippen molar-refractivity contribution in [2.45, 2.75) is 46.1 Å². The Morgan fingerprint density at radius 3 is 2.05 bits per heavy atom. The highest BCUT2D eigenvalue weighted by Crippen LogP contribution is 2.32. The van der Waals surface area contributed by atoms with Gasteiger partial charge in [0.25, 0.3) is 0 Å².